The van der Waals surface area contributed by atoms with Crippen molar-refractivity contribution < 1.29 is 4.79 Å². The van der Waals surface area contributed by atoms with Crippen molar-refractivity contribution in [2.45, 2.75) is 6.92 Å². The van der Waals surface area contributed by atoms with Crippen LogP contribution in [0.15, 0.2) is 6.33 Å². The van der Waals surface area contributed by atoms with Crippen LogP contribution in [-0.2, 0) is 4.79 Å². The maximum atomic E-state index is 10.0. The van der Waals surface area contributed by atoms with Crippen molar-refractivity contribution >= 4 is 18.0 Å². The third kappa shape index (κ3) is 1.32. The molecule has 0 fully saturated rings. The SMILES string of the molecule is Cc1nn2cnnc2nc1NNC=O. The fourth-order valence-corrected chi connectivity index (χ4v) is 0.974. The van der Waals surface area contributed by atoms with Crippen LogP contribution in [0.1, 0.15) is 5.69 Å². The molecule has 0 saturated carbocycles. The summed E-state index contributed by atoms with van der Waals surface area (Å²) >= 11 is 0. The number of rotatable bonds is 3. The highest BCUT2D eigenvalue weighted by atomic mass is 16.1. The summed E-state index contributed by atoms with van der Waals surface area (Å²) in [5, 5.41) is 11.4. The Morgan fingerprint density at radius 1 is 1.57 bits per heavy atom. The maximum absolute atomic E-state index is 10.0. The van der Waals surface area contributed by atoms with Gasteiger partial charge in [-0.3, -0.25) is 15.6 Å². The van der Waals surface area contributed by atoms with Crippen molar-refractivity contribution in [1.29, 1.82) is 0 Å². The smallest absolute Gasteiger partial charge is 0.273 e. The highest BCUT2D eigenvalue weighted by Crippen LogP contribution is 2.06. The van der Waals surface area contributed by atoms with E-state index < -0.39 is 0 Å². The summed E-state index contributed by atoms with van der Waals surface area (Å²) in [4.78, 5) is 14.1. The minimum Gasteiger partial charge on any atom is -0.280 e. The molecule has 0 radical (unpaired) electrons. The van der Waals surface area contributed by atoms with Crippen LogP contribution < -0.4 is 10.9 Å². The summed E-state index contributed by atoms with van der Waals surface area (Å²) in [6, 6.07) is 0. The van der Waals surface area contributed by atoms with E-state index in [1.165, 1.54) is 10.8 Å². The molecule has 0 aliphatic heterocycles. The Labute approximate surface area is 78.3 Å². The molecule has 0 unspecified atom stereocenters. The molecule has 2 aromatic rings. The summed E-state index contributed by atoms with van der Waals surface area (Å²) in [6.07, 6.45) is 1.96. The van der Waals surface area contributed by atoms with Gasteiger partial charge in [-0.05, 0) is 6.92 Å². The molecule has 0 aromatic carbocycles. The molecule has 8 nitrogen and oxygen atoms in total. The van der Waals surface area contributed by atoms with Crippen LogP contribution in [0.2, 0.25) is 0 Å². The van der Waals surface area contributed by atoms with Gasteiger partial charge in [-0.15, -0.1) is 10.2 Å². The number of hydrogen-bond acceptors (Lipinski definition) is 6. The number of nitrogens with one attached hydrogen (secondary N) is 2. The molecule has 1 amide bonds. The van der Waals surface area contributed by atoms with Gasteiger partial charge in [-0.1, -0.05) is 0 Å². The lowest BCUT2D eigenvalue weighted by Crippen LogP contribution is -2.21. The minimum absolute atomic E-state index is 0.366. The zero-order valence-corrected chi connectivity index (χ0v) is 7.30. The standard InChI is InChI=1S/C6H7N7O/c1-4-5(10-8-3-14)9-6-11-7-2-13(6)12-4/h2-3H,1H3,(H,8,14)(H,9,10,11). The Kier molecular flexibility index (Phi) is 1.94. The van der Waals surface area contributed by atoms with E-state index in [9.17, 15) is 4.79 Å². The van der Waals surface area contributed by atoms with Crippen LogP contribution in [-0.4, -0.2) is 31.2 Å². The van der Waals surface area contributed by atoms with E-state index in [0.717, 1.165) is 0 Å². The van der Waals surface area contributed by atoms with Crippen LogP contribution in [0.3, 0.4) is 0 Å². The molecule has 0 atom stereocenters. The van der Waals surface area contributed by atoms with Gasteiger partial charge < -0.3 is 0 Å². The number of anilines is 1. The predicted octanol–water partition coefficient (Wildman–Crippen LogP) is -1.10. The highest BCUT2D eigenvalue weighted by molar-refractivity contribution is 5.52. The summed E-state index contributed by atoms with van der Waals surface area (Å²) in [5.74, 6) is 0.809. The predicted molar refractivity (Wildman–Crippen MR) is 46.1 cm³/mol. The Balaban J connectivity index is 2.42. The first-order valence-electron chi connectivity index (χ1n) is 3.81. The van der Waals surface area contributed by atoms with Crippen LogP contribution >= 0.6 is 0 Å². The number of amides is 1. The second kappa shape index (κ2) is 3.24. The van der Waals surface area contributed by atoms with E-state index in [1.807, 2.05) is 0 Å². The van der Waals surface area contributed by atoms with Crippen LogP contribution in [0.5, 0.6) is 0 Å². The molecule has 72 valence electrons. The number of carbonyl (C=O) groups excluding carboxylic acids is 1. The Hall–Kier alpha value is -2.25. The molecule has 2 aromatic heterocycles. The molecular weight excluding hydrogens is 186 g/mol. The number of nitrogens with zero attached hydrogens (tertiary/aromatic N) is 5. The van der Waals surface area contributed by atoms with Crippen LogP contribution in [0, 0.1) is 6.92 Å². The Bertz CT molecular complexity index is 464. The third-order valence-electron chi connectivity index (χ3n) is 1.57. The summed E-state index contributed by atoms with van der Waals surface area (Å²) < 4.78 is 1.45. The van der Waals surface area contributed by atoms with E-state index >= 15 is 0 Å². The Morgan fingerprint density at radius 2 is 2.43 bits per heavy atom. The highest BCUT2D eigenvalue weighted by Gasteiger charge is 2.04. The first-order valence-corrected chi connectivity index (χ1v) is 3.81. The minimum atomic E-state index is 0.366. The molecule has 2 rings (SSSR count). The van der Waals surface area contributed by atoms with Gasteiger partial charge in [-0.2, -0.15) is 14.6 Å². The van der Waals surface area contributed by atoms with Crippen molar-refractivity contribution in [1.82, 2.24) is 30.2 Å². The largest absolute Gasteiger partial charge is 0.280 e. The van der Waals surface area contributed by atoms with Crippen molar-refractivity contribution in [2.75, 3.05) is 5.43 Å². The van der Waals surface area contributed by atoms with Gasteiger partial charge in [0.15, 0.2) is 5.82 Å². The monoisotopic (exact) mass is 193 g/mol. The van der Waals surface area contributed by atoms with Crippen LogP contribution in [0.4, 0.5) is 5.82 Å². The first-order chi connectivity index (χ1) is 6.81. The number of aromatic nitrogens is 5. The number of hydrazine groups is 1. The van der Waals surface area contributed by atoms with E-state index in [4.69, 9.17) is 0 Å². The van der Waals surface area contributed by atoms with Gasteiger partial charge in [0.25, 0.3) is 5.78 Å². The molecule has 14 heavy (non-hydrogen) atoms. The average molecular weight is 193 g/mol. The lowest BCUT2D eigenvalue weighted by Gasteiger charge is -2.04. The fourth-order valence-electron chi connectivity index (χ4n) is 0.974. The average Bonchev–Trinajstić information content (AvgIpc) is 2.61. The quantitative estimate of drug-likeness (QED) is 0.474. The normalized spacial score (nSPS) is 10.1. The van der Waals surface area contributed by atoms with Crippen molar-refractivity contribution in [2.24, 2.45) is 0 Å². The second-order valence-corrected chi connectivity index (χ2v) is 2.51. The molecule has 8 heteroatoms. The van der Waals surface area contributed by atoms with Crippen molar-refractivity contribution in [3.63, 3.8) is 0 Å². The molecule has 2 heterocycles. The lowest BCUT2D eigenvalue weighted by molar-refractivity contribution is -0.109. The molecular formula is C6H7N7O. The zero-order valence-electron chi connectivity index (χ0n) is 7.30. The zero-order chi connectivity index (χ0) is 9.97. The van der Waals surface area contributed by atoms with Gasteiger partial charge in [0.2, 0.25) is 6.41 Å². The fraction of sp³-hybridized carbons (Fsp3) is 0.167. The number of aryl methyl sites for hydroxylation is 1. The summed E-state index contributed by atoms with van der Waals surface area (Å²) in [7, 11) is 0. The third-order valence-corrected chi connectivity index (χ3v) is 1.57. The van der Waals surface area contributed by atoms with E-state index in [-0.39, 0.29) is 0 Å². The van der Waals surface area contributed by atoms with Gasteiger partial charge >= 0.3 is 0 Å². The summed E-state index contributed by atoms with van der Waals surface area (Å²) in [6.45, 7) is 1.75. The second-order valence-electron chi connectivity index (χ2n) is 2.51. The van der Waals surface area contributed by atoms with Crippen molar-refractivity contribution in [3.05, 3.63) is 12.0 Å². The first kappa shape index (κ1) is 8.35. The summed E-state index contributed by atoms with van der Waals surface area (Å²) in [5.41, 5.74) is 5.47. The topological polar surface area (TPSA) is 97.1 Å². The van der Waals surface area contributed by atoms with E-state index in [2.05, 4.69) is 31.1 Å². The number of fused-ring (bicyclic) bond motifs is 1. The van der Waals surface area contributed by atoms with E-state index in [0.29, 0.717) is 23.7 Å². The molecule has 0 aliphatic rings. The molecule has 0 aliphatic carbocycles. The molecule has 2 N–H and O–H groups in total. The lowest BCUT2D eigenvalue weighted by atomic mass is 10.5. The van der Waals surface area contributed by atoms with Gasteiger partial charge in [0, 0.05) is 0 Å². The van der Waals surface area contributed by atoms with Gasteiger partial charge in [0.1, 0.15) is 12.0 Å². The Morgan fingerprint density at radius 3 is 3.21 bits per heavy atom. The number of carbonyl (C=O) groups is 1. The van der Waals surface area contributed by atoms with Crippen molar-refractivity contribution in [3.8, 4) is 0 Å². The molecule has 0 saturated heterocycles. The van der Waals surface area contributed by atoms with E-state index in [1.54, 1.807) is 6.92 Å². The number of hydrogen-bond donors (Lipinski definition) is 2. The molecule has 0 spiro atoms. The maximum Gasteiger partial charge on any atom is 0.273 e. The van der Waals surface area contributed by atoms with Gasteiger partial charge in [0.05, 0.1) is 0 Å². The molecule has 0 bridgehead atoms. The van der Waals surface area contributed by atoms with Gasteiger partial charge in [-0.25, -0.2) is 0 Å². The van der Waals surface area contributed by atoms with Crippen LogP contribution in [0.25, 0.3) is 5.78 Å².